The molecule has 2 aromatic rings. The fourth-order valence-electron chi connectivity index (χ4n) is 1.59. The van der Waals surface area contributed by atoms with Gasteiger partial charge in [-0.05, 0) is 44.4 Å². The number of ether oxygens (including phenoxy) is 1. The van der Waals surface area contributed by atoms with E-state index in [1.807, 2.05) is 16.8 Å². The number of carbonyl (C=O) groups excluding carboxylic acids is 2. The third-order valence-electron chi connectivity index (χ3n) is 2.69. The first kappa shape index (κ1) is 15.7. The Labute approximate surface area is 134 Å². The van der Waals surface area contributed by atoms with Crippen LogP contribution in [0.5, 0.6) is 0 Å². The molecule has 5 nitrogen and oxygen atoms in total. The molecule has 0 aliphatic rings. The van der Waals surface area contributed by atoms with Crippen molar-refractivity contribution in [1.29, 1.82) is 0 Å². The third-order valence-corrected chi connectivity index (χ3v) is 3.86. The van der Waals surface area contributed by atoms with Crippen LogP contribution in [0.15, 0.2) is 39.8 Å². The quantitative estimate of drug-likeness (QED) is 0.761. The van der Waals surface area contributed by atoms with E-state index in [-0.39, 0.29) is 12.5 Å². The summed E-state index contributed by atoms with van der Waals surface area (Å²) < 4.78 is 5.68. The molecular weight excluding hydrogens is 356 g/mol. The average molecular weight is 369 g/mol. The standard InChI is InChI=1S/C14H13BrN2O3S/c1-17(7-10-2-3-21-9-10)13(18)8-20-14(19)11-4-12(15)6-16-5-11/h2-6,9H,7-8H2,1H3. The van der Waals surface area contributed by atoms with Crippen LogP contribution in [0.1, 0.15) is 15.9 Å². The first-order chi connectivity index (χ1) is 10.1. The van der Waals surface area contributed by atoms with Gasteiger partial charge in [0.15, 0.2) is 6.61 Å². The zero-order valence-electron chi connectivity index (χ0n) is 11.3. The molecule has 0 aliphatic carbocycles. The summed E-state index contributed by atoms with van der Waals surface area (Å²) in [7, 11) is 1.68. The Balaban J connectivity index is 1.84. The summed E-state index contributed by atoms with van der Waals surface area (Å²) in [6.07, 6.45) is 2.96. The van der Waals surface area contributed by atoms with Crippen molar-refractivity contribution in [3.8, 4) is 0 Å². The first-order valence-electron chi connectivity index (χ1n) is 6.09. The van der Waals surface area contributed by atoms with Gasteiger partial charge in [-0.1, -0.05) is 0 Å². The lowest BCUT2D eigenvalue weighted by molar-refractivity contribution is -0.133. The molecule has 110 valence electrons. The van der Waals surface area contributed by atoms with Gasteiger partial charge in [-0.2, -0.15) is 11.3 Å². The molecule has 7 heteroatoms. The molecule has 2 rings (SSSR count). The zero-order chi connectivity index (χ0) is 15.2. The van der Waals surface area contributed by atoms with Crippen LogP contribution in [0.3, 0.4) is 0 Å². The number of thiophene rings is 1. The number of amides is 1. The summed E-state index contributed by atoms with van der Waals surface area (Å²) in [5, 5.41) is 3.93. The van der Waals surface area contributed by atoms with Gasteiger partial charge in [0.2, 0.25) is 0 Å². The number of aromatic nitrogens is 1. The maximum absolute atomic E-state index is 11.9. The molecule has 2 aromatic heterocycles. The molecule has 0 unspecified atom stereocenters. The van der Waals surface area contributed by atoms with Crippen molar-refractivity contribution in [2.75, 3.05) is 13.7 Å². The molecule has 0 bridgehead atoms. The van der Waals surface area contributed by atoms with Gasteiger partial charge in [0.05, 0.1) is 5.56 Å². The van der Waals surface area contributed by atoms with Crippen LogP contribution in [0.25, 0.3) is 0 Å². The van der Waals surface area contributed by atoms with Gasteiger partial charge in [-0.3, -0.25) is 9.78 Å². The highest BCUT2D eigenvalue weighted by molar-refractivity contribution is 9.10. The maximum Gasteiger partial charge on any atom is 0.340 e. The number of hydrogen-bond donors (Lipinski definition) is 0. The summed E-state index contributed by atoms with van der Waals surface area (Å²) in [4.78, 5) is 29.1. The van der Waals surface area contributed by atoms with E-state index in [1.54, 1.807) is 30.6 Å². The van der Waals surface area contributed by atoms with Crippen molar-refractivity contribution in [1.82, 2.24) is 9.88 Å². The topological polar surface area (TPSA) is 59.5 Å². The van der Waals surface area contributed by atoms with Crippen molar-refractivity contribution in [3.63, 3.8) is 0 Å². The molecule has 21 heavy (non-hydrogen) atoms. The highest BCUT2D eigenvalue weighted by Gasteiger charge is 2.14. The first-order valence-corrected chi connectivity index (χ1v) is 7.82. The van der Waals surface area contributed by atoms with E-state index in [9.17, 15) is 9.59 Å². The highest BCUT2D eigenvalue weighted by Crippen LogP contribution is 2.11. The summed E-state index contributed by atoms with van der Waals surface area (Å²) in [6.45, 7) is 0.213. The lowest BCUT2D eigenvalue weighted by atomic mass is 10.3. The Bertz CT molecular complexity index is 631. The molecule has 0 spiro atoms. The molecule has 0 saturated heterocycles. The summed E-state index contributed by atoms with van der Waals surface area (Å²) in [5.41, 5.74) is 1.36. The minimum Gasteiger partial charge on any atom is -0.452 e. The second kappa shape index (κ2) is 7.33. The second-order valence-corrected chi connectivity index (χ2v) is 6.05. The van der Waals surface area contributed by atoms with Crippen molar-refractivity contribution in [2.24, 2.45) is 0 Å². The Morgan fingerprint density at radius 2 is 2.24 bits per heavy atom. The maximum atomic E-state index is 11.9. The van der Waals surface area contributed by atoms with Crippen molar-refractivity contribution >= 4 is 39.1 Å². The monoisotopic (exact) mass is 368 g/mol. The fourth-order valence-corrected chi connectivity index (χ4v) is 2.61. The number of likely N-dealkylation sites (N-methyl/N-ethyl adjacent to an activating group) is 1. The molecular formula is C14H13BrN2O3S. The van der Waals surface area contributed by atoms with Crippen molar-refractivity contribution < 1.29 is 14.3 Å². The lowest BCUT2D eigenvalue weighted by Gasteiger charge is -2.16. The van der Waals surface area contributed by atoms with Gasteiger partial charge in [-0.25, -0.2) is 4.79 Å². The van der Waals surface area contributed by atoms with Crippen molar-refractivity contribution in [2.45, 2.75) is 6.54 Å². The summed E-state index contributed by atoms with van der Waals surface area (Å²) in [6, 6.07) is 3.54. The van der Waals surface area contributed by atoms with E-state index < -0.39 is 5.97 Å². The van der Waals surface area contributed by atoms with Crippen LogP contribution in [-0.2, 0) is 16.1 Å². The van der Waals surface area contributed by atoms with Crippen LogP contribution in [0.2, 0.25) is 0 Å². The van der Waals surface area contributed by atoms with Gasteiger partial charge in [0, 0.05) is 30.5 Å². The molecule has 0 aromatic carbocycles. The normalized spacial score (nSPS) is 10.2. The largest absolute Gasteiger partial charge is 0.452 e. The zero-order valence-corrected chi connectivity index (χ0v) is 13.7. The van der Waals surface area contributed by atoms with Gasteiger partial charge in [-0.15, -0.1) is 0 Å². The van der Waals surface area contributed by atoms with Gasteiger partial charge in [0.25, 0.3) is 5.91 Å². The Kier molecular flexibility index (Phi) is 5.46. The number of pyridine rings is 1. The minimum absolute atomic E-state index is 0.252. The van der Waals surface area contributed by atoms with Crippen LogP contribution < -0.4 is 0 Å². The van der Waals surface area contributed by atoms with Crippen LogP contribution >= 0.6 is 27.3 Å². The van der Waals surface area contributed by atoms with Crippen LogP contribution in [-0.4, -0.2) is 35.4 Å². The summed E-state index contributed by atoms with van der Waals surface area (Å²) >= 11 is 4.80. The summed E-state index contributed by atoms with van der Waals surface area (Å²) in [5.74, 6) is -0.821. The Morgan fingerprint density at radius 3 is 2.90 bits per heavy atom. The Hall–Kier alpha value is -1.73. The van der Waals surface area contributed by atoms with Gasteiger partial charge < -0.3 is 9.64 Å². The van der Waals surface area contributed by atoms with Crippen molar-refractivity contribution in [3.05, 3.63) is 50.9 Å². The van der Waals surface area contributed by atoms with E-state index >= 15 is 0 Å². The Morgan fingerprint density at radius 1 is 1.43 bits per heavy atom. The van der Waals surface area contributed by atoms with E-state index in [1.165, 1.54) is 11.1 Å². The number of nitrogens with zero attached hydrogens (tertiary/aromatic N) is 2. The van der Waals surface area contributed by atoms with Gasteiger partial charge >= 0.3 is 5.97 Å². The smallest absolute Gasteiger partial charge is 0.340 e. The van der Waals surface area contributed by atoms with Crippen LogP contribution in [0.4, 0.5) is 0 Å². The molecule has 2 heterocycles. The molecule has 0 N–H and O–H groups in total. The molecule has 1 amide bonds. The van der Waals surface area contributed by atoms with E-state index in [4.69, 9.17) is 4.74 Å². The minimum atomic E-state index is -0.568. The SMILES string of the molecule is CN(Cc1ccsc1)C(=O)COC(=O)c1cncc(Br)c1. The number of esters is 1. The van der Waals surface area contributed by atoms with E-state index in [2.05, 4.69) is 20.9 Å². The number of carbonyl (C=O) groups is 2. The van der Waals surface area contributed by atoms with Gasteiger partial charge in [0.1, 0.15) is 0 Å². The molecule has 0 fully saturated rings. The fraction of sp³-hybridized carbons (Fsp3) is 0.214. The molecule has 0 aliphatic heterocycles. The number of rotatable bonds is 5. The highest BCUT2D eigenvalue weighted by atomic mass is 79.9. The number of halogens is 1. The van der Waals surface area contributed by atoms with E-state index in [0.29, 0.717) is 16.6 Å². The second-order valence-electron chi connectivity index (χ2n) is 4.35. The molecule has 0 atom stereocenters. The molecule has 0 radical (unpaired) electrons. The van der Waals surface area contributed by atoms with Crippen LogP contribution in [0, 0.1) is 0 Å². The third kappa shape index (κ3) is 4.64. The lowest BCUT2D eigenvalue weighted by Crippen LogP contribution is -2.30. The number of hydrogen-bond acceptors (Lipinski definition) is 5. The average Bonchev–Trinajstić information content (AvgIpc) is 2.97. The van der Waals surface area contributed by atoms with E-state index in [0.717, 1.165) is 5.56 Å². The molecule has 0 saturated carbocycles. The predicted octanol–water partition coefficient (Wildman–Crippen LogP) is 2.72. The predicted molar refractivity (Wildman–Crippen MR) is 83.0 cm³/mol.